The maximum atomic E-state index is 12.4. The molecule has 0 saturated carbocycles. The Bertz CT molecular complexity index is 939. The van der Waals surface area contributed by atoms with E-state index in [0.29, 0.717) is 5.56 Å². The number of benzene rings is 3. The summed E-state index contributed by atoms with van der Waals surface area (Å²) in [6.07, 6.45) is 1.92. The number of hydrogen-bond donors (Lipinski definition) is 2. The van der Waals surface area contributed by atoms with Gasteiger partial charge in [0.15, 0.2) is 0 Å². The van der Waals surface area contributed by atoms with Gasteiger partial charge in [-0.05, 0) is 54.4 Å². The highest BCUT2D eigenvalue weighted by atomic mass is 35.5. The van der Waals surface area contributed by atoms with Crippen molar-refractivity contribution in [3.8, 4) is 0 Å². The first kappa shape index (κ1) is 20.1. The SMILES string of the molecule is C/C=C(\NNC(=O)c1ccc(CSc2ccc(Cl)cc2)cc1)c1ccccc1. The molecular weight excluding hydrogens is 388 g/mol. The first-order chi connectivity index (χ1) is 13.7. The molecule has 3 aromatic carbocycles. The molecule has 0 bridgehead atoms. The second-order valence-corrected chi connectivity index (χ2v) is 7.57. The molecule has 5 heteroatoms. The maximum absolute atomic E-state index is 12.4. The van der Waals surface area contributed by atoms with Crippen LogP contribution in [0.5, 0.6) is 0 Å². The predicted octanol–water partition coefficient (Wildman–Crippen LogP) is 5.93. The Morgan fingerprint density at radius 3 is 2.21 bits per heavy atom. The van der Waals surface area contributed by atoms with E-state index in [0.717, 1.165) is 32.5 Å². The van der Waals surface area contributed by atoms with E-state index < -0.39 is 0 Å². The molecular formula is C23H21ClN2OS. The van der Waals surface area contributed by atoms with Crippen molar-refractivity contribution in [2.24, 2.45) is 0 Å². The number of hydrogen-bond acceptors (Lipinski definition) is 3. The van der Waals surface area contributed by atoms with Crippen molar-refractivity contribution in [1.82, 2.24) is 10.9 Å². The normalized spacial score (nSPS) is 11.1. The van der Waals surface area contributed by atoms with Crippen LogP contribution in [0.4, 0.5) is 0 Å². The monoisotopic (exact) mass is 408 g/mol. The predicted molar refractivity (Wildman–Crippen MR) is 118 cm³/mol. The fraction of sp³-hybridized carbons (Fsp3) is 0.0870. The van der Waals surface area contributed by atoms with Crippen molar-refractivity contribution in [3.63, 3.8) is 0 Å². The summed E-state index contributed by atoms with van der Waals surface area (Å²) >= 11 is 7.64. The third-order valence-corrected chi connectivity index (χ3v) is 5.45. The lowest BCUT2D eigenvalue weighted by Gasteiger charge is -2.12. The second kappa shape index (κ2) is 10.0. The molecule has 3 nitrogen and oxygen atoms in total. The van der Waals surface area contributed by atoms with Crippen molar-refractivity contribution in [3.05, 3.63) is 107 Å². The van der Waals surface area contributed by atoms with Gasteiger partial charge < -0.3 is 0 Å². The Morgan fingerprint density at radius 1 is 0.893 bits per heavy atom. The number of carbonyl (C=O) groups is 1. The molecule has 0 aliphatic heterocycles. The summed E-state index contributed by atoms with van der Waals surface area (Å²) in [6, 6.07) is 25.3. The molecule has 0 fully saturated rings. The molecule has 3 aromatic rings. The van der Waals surface area contributed by atoms with E-state index in [4.69, 9.17) is 11.6 Å². The Kier molecular flexibility index (Phi) is 7.18. The molecule has 0 aliphatic rings. The number of allylic oxidation sites excluding steroid dienone is 1. The summed E-state index contributed by atoms with van der Waals surface area (Å²) in [5.74, 6) is 0.658. The van der Waals surface area contributed by atoms with Crippen LogP contribution in [0.1, 0.15) is 28.4 Å². The van der Waals surface area contributed by atoms with Crippen LogP contribution < -0.4 is 10.9 Å². The summed E-state index contributed by atoms with van der Waals surface area (Å²) in [5.41, 5.74) is 9.38. The number of hydrazine groups is 1. The van der Waals surface area contributed by atoms with Crippen molar-refractivity contribution >= 4 is 35.0 Å². The minimum atomic E-state index is -0.174. The minimum absolute atomic E-state index is 0.174. The van der Waals surface area contributed by atoms with E-state index in [1.807, 2.05) is 91.9 Å². The molecule has 0 aromatic heterocycles. The first-order valence-corrected chi connectivity index (χ1v) is 10.3. The topological polar surface area (TPSA) is 41.1 Å². The Labute approximate surface area is 174 Å². The van der Waals surface area contributed by atoms with Gasteiger partial charge in [-0.15, -0.1) is 11.8 Å². The van der Waals surface area contributed by atoms with Crippen molar-refractivity contribution in [1.29, 1.82) is 0 Å². The summed E-state index contributed by atoms with van der Waals surface area (Å²) in [7, 11) is 0. The van der Waals surface area contributed by atoms with E-state index in [2.05, 4.69) is 10.9 Å². The summed E-state index contributed by atoms with van der Waals surface area (Å²) in [5, 5.41) is 0.738. The van der Waals surface area contributed by atoms with E-state index in [1.165, 1.54) is 0 Å². The highest BCUT2D eigenvalue weighted by Crippen LogP contribution is 2.24. The molecule has 0 saturated heterocycles. The van der Waals surface area contributed by atoms with Crippen LogP contribution in [-0.4, -0.2) is 5.91 Å². The van der Waals surface area contributed by atoms with E-state index in [-0.39, 0.29) is 5.91 Å². The standard InChI is InChI=1S/C23H21ClN2OS/c1-2-22(18-6-4-3-5-7-18)25-26-23(27)19-10-8-17(9-11-19)16-28-21-14-12-20(24)13-15-21/h2-15,25H,16H2,1H3,(H,26,27)/b22-2-. The fourth-order valence-electron chi connectivity index (χ4n) is 2.57. The van der Waals surface area contributed by atoms with Gasteiger partial charge >= 0.3 is 0 Å². The number of rotatable bonds is 7. The van der Waals surface area contributed by atoms with E-state index in [9.17, 15) is 4.79 Å². The van der Waals surface area contributed by atoms with Gasteiger partial charge in [0.25, 0.3) is 5.91 Å². The molecule has 0 radical (unpaired) electrons. The van der Waals surface area contributed by atoms with Crippen LogP contribution in [0.3, 0.4) is 0 Å². The average Bonchev–Trinajstić information content (AvgIpc) is 2.75. The van der Waals surface area contributed by atoms with Gasteiger partial charge in [-0.25, -0.2) is 0 Å². The third-order valence-electron chi connectivity index (χ3n) is 4.12. The molecule has 0 aliphatic carbocycles. The molecule has 3 rings (SSSR count). The lowest BCUT2D eigenvalue weighted by atomic mass is 10.1. The van der Waals surface area contributed by atoms with Crippen LogP contribution in [0.2, 0.25) is 5.02 Å². The fourth-order valence-corrected chi connectivity index (χ4v) is 3.56. The van der Waals surface area contributed by atoms with Crippen LogP contribution in [-0.2, 0) is 5.75 Å². The van der Waals surface area contributed by atoms with Gasteiger partial charge in [0.2, 0.25) is 0 Å². The molecule has 1 amide bonds. The molecule has 0 heterocycles. The van der Waals surface area contributed by atoms with Crippen molar-refractivity contribution in [2.45, 2.75) is 17.6 Å². The smallest absolute Gasteiger partial charge is 0.269 e. The minimum Gasteiger partial charge on any atom is -0.298 e. The van der Waals surface area contributed by atoms with E-state index in [1.54, 1.807) is 11.8 Å². The number of halogens is 1. The van der Waals surface area contributed by atoms with Crippen LogP contribution in [0, 0.1) is 0 Å². The highest BCUT2D eigenvalue weighted by molar-refractivity contribution is 7.98. The molecule has 142 valence electrons. The van der Waals surface area contributed by atoms with Crippen molar-refractivity contribution in [2.75, 3.05) is 0 Å². The van der Waals surface area contributed by atoms with Gasteiger partial charge in [-0.2, -0.15) is 0 Å². The highest BCUT2D eigenvalue weighted by Gasteiger charge is 2.07. The van der Waals surface area contributed by atoms with Crippen LogP contribution in [0.15, 0.2) is 89.8 Å². The molecule has 0 unspecified atom stereocenters. The van der Waals surface area contributed by atoms with Gasteiger partial charge in [-0.1, -0.05) is 60.1 Å². The Hall–Kier alpha value is -2.69. The largest absolute Gasteiger partial charge is 0.298 e. The Morgan fingerprint density at radius 2 is 1.57 bits per heavy atom. The second-order valence-electron chi connectivity index (χ2n) is 6.09. The first-order valence-electron chi connectivity index (χ1n) is 8.91. The number of amides is 1. The number of carbonyl (C=O) groups excluding carboxylic acids is 1. The summed E-state index contributed by atoms with van der Waals surface area (Å²) in [4.78, 5) is 13.6. The van der Waals surface area contributed by atoms with Gasteiger partial charge in [0, 0.05) is 21.2 Å². The number of nitrogens with one attached hydrogen (secondary N) is 2. The van der Waals surface area contributed by atoms with Gasteiger partial charge in [-0.3, -0.25) is 15.6 Å². The van der Waals surface area contributed by atoms with E-state index >= 15 is 0 Å². The quantitative estimate of drug-likeness (QED) is 0.376. The Balaban J connectivity index is 1.54. The average molecular weight is 409 g/mol. The zero-order chi connectivity index (χ0) is 19.8. The molecule has 0 atom stereocenters. The zero-order valence-corrected chi connectivity index (χ0v) is 17.1. The lowest BCUT2D eigenvalue weighted by Crippen LogP contribution is -2.36. The summed E-state index contributed by atoms with van der Waals surface area (Å²) < 4.78 is 0. The van der Waals surface area contributed by atoms with Gasteiger partial charge in [0.1, 0.15) is 0 Å². The molecule has 0 spiro atoms. The zero-order valence-electron chi connectivity index (χ0n) is 15.5. The third kappa shape index (κ3) is 5.65. The van der Waals surface area contributed by atoms with Crippen LogP contribution in [0.25, 0.3) is 5.70 Å². The van der Waals surface area contributed by atoms with Gasteiger partial charge in [0.05, 0.1) is 5.70 Å². The number of thioether (sulfide) groups is 1. The molecule has 28 heavy (non-hydrogen) atoms. The molecule has 2 N–H and O–H groups in total. The summed E-state index contributed by atoms with van der Waals surface area (Å²) in [6.45, 7) is 1.93. The maximum Gasteiger partial charge on any atom is 0.269 e. The van der Waals surface area contributed by atoms with Crippen molar-refractivity contribution < 1.29 is 4.79 Å². The lowest BCUT2D eigenvalue weighted by molar-refractivity contribution is 0.0942. The van der Waals surface area contributed by atoms with Crippen LogP contribution >= 0.6 is 23.4 Å².